The lowest BCUT2D eigenvalue weighted by Crippen LogP contribution is -2.32. The minimum absolute atomic E-state index is 0.275. The molecular weight excluding hydrogens is 188 g/mol. The van der Waals surface area contributed by atoms with E-state index in [1.165, 1.54) is 6.92 Å². The van der Waals surface area contributed by atoms with Crippen LogP contribution in [0.3, 0.4) is 0 Å². The van der Waals surface area contributed by atoms with Crippen LogP contribution in [0.4, 0.5) is 4.79 Å². The van der Waals surface area contributed by atoms with E-state index in [2.05, 4.69) is 0 Å². The van der Waals surface area contributed by atoms with Gasteiger partial charge in [0.15, 0.2) is 0 Å². The van der Waals surface area contributed by atoms with E-state index < -0.39 is 12.1 Å². The number of amides is 2. The maximum absolute atomic E-state index is 10.3. The predicted octanol–water partition coefficient (Wildman–Crippen LogP) is -0.387. The van der Waals surface area contributed by atoms with Crippen molar-refractivity contribution in [1.29, 1.82) is 0 Å². The van der Waals surface area contributed by atoms with Crippen molar-refractivity contribution in [2.24, 2.45) is 5.73 Å². The number of rotatable bonds is 1. The number of carboxylic acid groups (broad SMARTS) is 1. The van der Waals surface area contributed by atoms with Crippen LogP contribution in [0, 0.1) is 0 Å². The molecule has 0 bridgehead atoms. The van der Waals surface area contributed by atoms with Gasteiger partial charge in [-0.1, -0.05) is 0 Å². The molecule has 4 N–H and O–H groups in total. The van der Waals surface area contributed by atoms with Crippen molar-refractivity contribution < 1.29 is 19.8 Å². The van der Waals surface area contributed by atoms with Gasteiger partial charge in [-0.05, 0) is 19.8 Å². The second-order valence-corrected chi connectivity index (χ2v) is 3.05. The predicted molar refractivity (Wildman–Crippen MR) is 49.7 cm³/mol. The van der Waals surface area contributed by atoms with E-state index in [0.717, 1.165) is 25.9 Å². The molecule has 0 aromatic carbocycles. The summed E-state index contributed by atoms with van der Waals surface area (Å²) in [6, 6.07) is -0.275. The normalized spacial score (nSPS) is 16.9. The quantitative estimate of drug-likeness (QED) is 0.541. The van der Waals surface area contributed by atoms with Crippen LogP contribution < -0.4 is 5.73 Å². The molecule has 0 aromatic rings. The summed E-state index contributed by atoms with van der Waals surface area (Å²) >= 11 is 0. The molecule has 2 amide bonds. The van der Waals surface area contributed by atoms with Gasteiger partial charge in [0.1, 0.15) is 6.10 Å². The van der Waals surface area contributed by atoms with E-state index in [9.17, 15) is 9.59 Å². The van der Waals surface area contributed by atoms with Gasteiger partial charge < -0.3 is 20.8 Å². The van der Waals surface area contributed by atoms with E-state index in [-0.39, 0.29) is 6.03 Å². The summed E-state index contributed by atoms with van der Waals surface area (Å²) in [5.74, 6) is -1.19. The minimum Gasteiger partial charge on any atom is -0.479 e. The molecule has 0 saturated carbocycles. The molecule has 1 fully saturated rings. The molecule has 1 heterocycles. The van der Waals surface area contributed by atoms with Crippen molar-refractivity contribution in [3.63, 3.8) is 0 Å². The van der Waals surface area contributed by atoms with Gasteiger partial charge in [-0.25, -0.2) is 9.59 Å². The zero-order valence-electron chi connectivity index (χ0n) is 8.14. The molecular formula is C8H16N2O4. The number of hydrogen-bond donors (Lipinski definition) is 3. The largest absolute Gasteiger partial charge is 0.479 e. The number of nitrogens with zero attached hydrogens (tertiary/aromatic N) is 1. The summed E-state index contributed by atoms with van der Waals surface area (Å²) in [6.07, 6.45) is 0.997. The topological polar surface area (TPSA) is 104 Å². The average molecular weight is 204 g/mol. The molecule has 1 saturated heterocycles. The van der Waals surface area contributed by atoms with E-state index in [4.69, 9.17) is 15.9 Å². The first kappa shape index (κ1) is 12.7. The standard InChI is InChI=1S/C5H10N2O.C3H6O3/c6-5(8)7-3-1-2-4-7;1-2(4)3(5)6/h1-4H2,(H2,6,8);2,4H,1H3,(H,5,6). The number of nitrogens with two attached hydrogens (primary N) is 1. The Kier molecular flexibility index (Phi) is 5.62. The molecule has 1 unspecified atom stereocenters. The zero-order chi connectivity index (χ0) is 11.1. The van der Waals surface area contributed by atoms with Gasteiger partial charge in [-0.15, -0.1) is 0 Å². The van der Waals surface area contributed by atoms with Crippen LogP contribution in [0.15, 0.2) is 0 Å². The molecule has 6 heteroatoms. The maximum atomic E-state index is 10.3. The van der Waals surface area contributed by atoms with Gasteiger partial charge in [0.25, 0.3) is 0 Å². The van der Waals surface area contributed by atoms with Crippen LogP contribution in [0.1, 0.15) is 19.8 Å². The van der Waals surface area contributed by atoms with Crippen molar-refractivity contribution in [2.75, 3.05) is 13.1 Å². The lowest BCUT2D eigenvalue weighted by molar-refractivity contribution is -0.145. The highest BCUT2D eigenvalue weighted by molar-refractivity contribution is 5.72. The molecule has 0 aliphatic carbocycles. The number of likely N-dealkylation sites (tertiary alicyclic amines) is 1. The summed E-state index contributed by atoms with van der Waals surface area (Å²) < 4.78 is 0. The Morgan fingerprint density at radius 1 is 1.36 bits per heavy atom. The Balaban J connectivity index is 0.000000255. The monoisotopic (exact) mass is 204 g/mol. The van der Waals surface area contributed by atoms with Crippen LogP contribution in [-0.2, 0) is 4.79 Å². The maximum Gasteiger partial charge on any atom is 0.332 e. The summed E-state index contributed by atoms with van der Waals surface area (Å²) in [5.41, 5.74) is 4.98. The van der Waals surface area contributed by atoms with E-state index in [0.29, 0.717) is 0 Å². The van der Waals surface area contributed by atoms with Crippen molar-refractivity contribution in [1.82, 2.24) is 4.90 Å². The Morgan fingerprint density at radius 3 is 1.86 bits per heavy atom. The van der Waals surface area contributed by atoms with Crippen LogP contribution in [-0.4, -0.2) is 46.3 Å². The number of carbonyl (C=O) groups is 2. The highest BCUT2D eigenvalue weighted by Crippen LogP contribution is 2.05. The number of carbonyl (C=O) groups excluding carboxylic acids is 1. The molecule has 0 radical (unpaired) electrons. The molecule has 6 nitrogen and oxygen atoms in total. The number of aliphatic hydroxyl groups excluding tert-OH is 1. The third-order valence-corrected chi connectivity index (χ3v) is 1.78. The number of urea groups is 1. The highest BCUT2D eigenvalue weighted by Gasteiger charge is 2.13. The van der Waals surface area contributed by atoms with Gasteiger partial charge in [0.2, 0.25) is 0 Å². The molecule has 14 heavy (non-hydrogen) atoms. The summed E-state index contributed by atoms with van der Waals surface area (Å²) in [4.78, 5) is 21.5. The van der Waals surface area contributed by atoms with Crippen molar-refractivity contribution in [3.05, 3.63) is 0 Å². The first-order valence-corrected chi connectivity index (χ1v) is 4.40. The summed E-state index contributed by atoms with van der Waals surface area (Å²) in [7, 11) is 0. The van der Waals surface area contributed by atoms with Gasteiger partial charge in [0, 0.05) is 13.1 Å². The average Bonchev–Trinajstić information content (AvgIpc) is 2.56. The summed E-state index contributed by atoms with van der Waals surface area (Å²) in [5, 5.41) is 15.8. The highest BCUT2D eigenvalue weighted by atomic mass is 16.4. The molecule has 1 aliphatic heterocycles. The van der Waals surface area contributed by atoms with Gasteiger partial charge in [-0.3, -0.25) is 0 Å². The van der Waals surface area contributed by atoms with E-state index >= 15 is 0 Å². The molecule has 1 atom stereocenters. The summed E-state index contributed by atoms with van der Waals surface area (Å²) in [6.45, 7) is 2.91. The van der Waals surface area contributed by atoms with Gasteiger partial charge in [-0.2, -0.15) is 0 Å². The fraction of sp³-hybridized carbons (Fsp3) is 0.750. The Hall–Kier alpha value is -1.30. The third-order valence-electron chi connectivity index (χ3n) is 1.78. The Bertz CT molecular complexity index is 200. The lowest BCUT2D eigenvalue weighted by Gasteiger charge is -2.09. The molecule has 0 aromatic heterocycles. The first-order chi connectivity index (χ1) is 6.45. The number of aliphatic carboxylic acids is 1. The number of aliphatic hydroxyl groups is 1. The smallest absolute Gasteiger partial charge is 0.332 e. The number of primary amides is 1. The third kappa shape index (κ3) is 5.36. The van der Waals surface area contributed by atoms with Crippen molar-refractivity contribution in [3.8, 4) is 0 Å². The second-order valence-electron chi connectivity index (χ2n) is 3.05. The van der Waals surface area contributed by atoms with Gasteiger partial charge >= 0.3 is 12.0 Å². The lowest BCUT2D eigenvalue weighted by atomic mass is 10.4. The molecule has 1 aliphatic rings. The minimum atomic E-state index is -1.23. The molecule has 82 valence electrons. The fourth-order valence-electron chi connectivity index (χ4n) is 0.938. The van der Waals surface area contributed by atoms with Gasteiger partial charge in [0.05, 0.1) is 0 Å². The SMILES string of the molecule is CC(O)C(=O)O.NC(=O)N1CCCC1. The van der Waals surface area contributed by atoms with Crippen molar-refractivity contribution >= 4 is 12.0 Å². The second kappa shape index (κ2) is 6.20. The first-order valence-electron chi connectivity index (χ1n) is 4.40. The van der Waals surface area contributed by atoms with Crippen LogP contribution >= 0.6 is 0 Å². The zero-order valence-corrected chi connectivity index (χ0v) is 8.14. The number of hydrogen-bond acceptors (Lipinski definition) is 3. The fourth-order valence-corrected chi connectivity index (χ4v) is 0.938. The van der Waals surface area contributed by atoms with E-state index in [1.807, 2.05) is 0 Å². The molecule has 0 spiro atoms. The van der Waals surface area contributed by atoms with Crippen LogP contribution in [0.5, 0.6) is 0 Å². The Labute approximate surface area is 82.3 Å². The van der Waals surface area contributed by atoms with Crippen molar-refractivity contribution in [2.45, 2.75) is 25.9 Å². The van der Waals surface area contributed by atoms with Crippen LogP contribution in [0.2, 0.25) is 0 Å². The van der Waals surface area contributed by atoms with Crippen LogP contribution in [0.25, 0.3) is 0 Å². The number of carboxylic acids is 1. The Morgan fingerprint density at radius 2 is 1.71 bits per heavy atom. The molecule has 1 rings (SSSR count). The van der Waals surface area contributed by atoms with E-state index in [1.54, 1.807) is 4.90 Å².